The van der Waals surface area contributed by atoms with Gasteiger partial charge in [0, 0.05) is 20.9 Å². The third kappa shape index (κ3) is 4.44. The number of aromatic nitrogens is 2. The molecule has 1 heterocycles. The van der Waals surface area contributed by atoms with Crippen LogP contribution in [0.15, 0.2) is 87.5 Å². The van der Waals surface area contributed by atoms with E-state index in [1.807, 2.05) is 30.3 Å². The fourth-order valence-corrected chi connectivity index (χ4v) is 4.06. The summed E-state index contributed by atoms with van der Waals surface area (Å²) >= 11 is 1.69. The van der Waals surface area contributed by atoms with E-state index >= 15 is 0 Å². The highest BCUT2D eigenvalue weighted by atomic mass is 32.2. The number of benzene rings is 3. The van der Waals surface area contributed by atoms with Crippen LogP contribution >= 0.6 is 11.8 Å². The third-order valence-electron chi connectivity index (χ3n) is 4.91. The fourth-order valence-electron chi connectivity index (χ4n) is 3.14. The molecule has 0 radical (unpaired) electrons. The Bertz CT molecular complexity index is 1280. The summed E-state index contributed by atoms with van der Waals surface area (Å²) in [6.45, 7) is 4.24. The number of para-hydroxylation sites is 1. The number of amides is 1. The van der Waals surface area contributed by atoms with Crippen LogP contribution in [0.1, 0.15) is 11.1 Å². The molecule has 1 aromatic heterocycles. The van der Waals surface area contributed by atoms with Crippen molar-refractivity contribution in [2.75, 3.05) is 5.32 Å². The Kier molecular flexibility index (Phi) is 5.68. The summed E-state index contributed by atoms with van der Waals surface area (Å²) in [6.07, 6.45) is 1.24. The Balaban J connectivity index is 1.43. The molecule has 0 saturated carbocycles. The van der Waals surface area contributed by atoms with Gasteiger partial charge in [0.05, 0.1) is 11.7 Å². The van der Waals surface area contributed by atoms with Crippen LogP contribution in [0.2, 0.25) is 0 Å². The van der Waals surface area contributed by atoms with Crippen molar-refractivity contribution < 1.29 is 4.79 Å². The molecule has 0 aliphatic carbocycles. The van der Waals surface area contributed by atoms with Gasteiger partial charge in [0.15, 0.2) is 0 Å². The number of nitrogens with zero attached hydrogens (tertiary/aromatic N) is 2. The van der Waals surface area contributed by atoms with Crippen LogP contribution in [0.3, 0.4) is 0 Å². The Morgan fingerprint density at radius 3 is 2.47 bits per heavy atom. The van der Waals surface area contributed by atoms with Crippen LogP contribution < -0.4 is 10.7 Å². The monoisotopic (exact) mass is 415 g/mol. The van der Waals surface area contributed by atoms with Crippen molar-refractivity contribution in [1.82, 2.24) is 9.78 Å². The summed E-state index contributed by atoms with van der Waals surface area (Å²) in [6, 6.07) is 21.3. The van der Waals surface area contributed by atoms with Crippen LogP contribution in [0, 0.1) is 13.8 Å². The molecule has 150 valence electrons. The highest BCUT2D eigenvalue weighted by Gasteiger charge is 2.09. The Morgan fingerprint density at radius 2 is 1.70 bits per heavy atom. The summed E-state index contributed by atoms with van der Waals surface area (Å²) in [5.41, 5.74) is 3.75. The van der Waals surface area contributed by atoms with Gasteiger partial charge in [0.2, 0.25) is 11.3 Å². The van der Waals surface area contributed by atoms with E-state index in [0.29, 0.717) is 10.9 Å². The lowest BCUT2D eigenvalue weighted by atomic mass is 10.1. The van der Waals surface area contributed by atoms with Gasteiger partial charge >= 0.3 is 0 Å². The van der Waals surface area contributed by atoms with Gasteiger partial charge in [-0.05, 0) is 73.5 Å². The molecule has 4 aromatic rings. The highest BCUT2D eigenvalue weighted by Crippen LogP contribution is 2.29. The van der Waals surface area contributed by atoms with E-state index < -0.39 is 0 Å². The van der Waals surface area contributed by atoms with E-state index in [2.05, 4.69) is 42.5 Å². The number of hydrogen-bond acceptors (Lipinski definition) is 4. The van der Waals surface area contributed by atoms with Crippen LogP contribution in [0.25, 0.3) is 10.9 Å². The molecule has 6 heteroatoms. The predicted molar refractivity (Wildman–Crippen MR) is 121 cm³/mol. The Hall–Kier alpha value is -3.38. The highest BCUT2D eigenvalue weighted by molar-refractivity contribution is 7.99. The molecule has 0 spiro atoms. The molecular formula is C24H21N3O2S. The molecule has 1 amide bonds. The molecule has 0 atom stereocenters. The van der Waals surface area contributed by atoms with Crippen molar-refractivity contribution in [2.45, 2.75) is 30.2 Å². The van der Waals surface area contributed by atoms with Crippen molar-refractivity contribution in [1.29, 1.82) is 0 Å². The zero-order valence-electron chi connectivity index (χ0n) is 16.8. The number of nitrogens with one attached hydrogen (secondary N) is 1. The summed E-state index contributed by atoms with van der Waals surface area (Å²) in [5, 5.41) is 7.54. The number of carbonyl (C=O) groups is 1. The van der Waals surface area contributed by atoms with Crippen LogP contribution in [0.4, 0.5) is 5.69 Å². The summed E-state index contributed by atoms with van der Waals surface area (Å²) in [7, 11) is 0. The van der Waals surface area contributed by atoms with Gasteiger partial charge in [-0.3, -0.25) is 14.3 Å². The molecule has 0 fully saturated rings. The Labute approximate surface area is 178 Å². The van der Waals surface area contributed by atoms with Crippen LogP contribution in [-0.2, 0) is 11.3 Å². The summed E-state index contributed by atoms with van der Waals surface area (Å²) in [5.74, 6) is -0.203. The first kappa shape index (κ1) is 19.9. The quantitative estimate of drug-likeness (QED) is 0.508. The summed E-state index contributed by atoms with van der Waals surface area (Å²) < 4.78 is 1.54. The number of aryl methyl sites for hydroxylation is 2. The third-order valence-corrected chi connectivity index (χ3v) is 5.90. The summed E-state index contributed by atoms with van der Waals surface area (Å²) in [4.78, 5) is 26.7. The van der Waals surface area contributed by atoms with Crippen molar-refractivity contribution in [3.63, 3.8) is 0 Å². The first-order chi connectivity index (χ1) is 14.5. The minimum Gasteiger partial charge on any atom is -0.324 e. The number of carbonyl (C=O) groups excluding carboxylic acids is 1. The van der Waals surface area contributed by atoms with Crippen molar-refractivity contribution in [3.8, 4) is 0 Å². The van der Waals surface area contributed by atoms with E-state index in [9.17, 15) is 9.59 Å². The first-order valence-corrected chi connectivity index (χ1v) is 10.4. The molecule has 0 aliphatic rings. The molecule has 4 rings (SSSR count). The average molecular weight is 416 g/mol. The molecule has 3 aromatic carbocycles. The number of fused-ring (bicyclic) bond motifs is 1. The topological polar surface area (TPSA) is 64.0 Å². The SMILES string of the molecule is Cc1ccc(Sc2ccc(NC(=O)Cn3ncc(=O)c4ccccc43)cc2)cc1C. The minimum atomic E-state index is -0.203. The Morgan fingerprint density at radius 1 is 0.967 bits per heavy atom. The van der Waals surface area contributed by atoms with E-state index in [1.165, 1.54) is 26.9 Å². The lowest BCUT2D eigenvalue weighted by Gasteiger charge is -2.10. The predicted octanol–water partition coefficient (Wildman–Crippen LogP) is 4.80. The molecule has 0 unspecified atom stereocenters. The van der Waals surface area contributed by atoms with Gasteiger partial charge in [-0.25, -0.2) is 0 Å². The van der Waals surface area contributed by atoms with Crippen molar-refractivity contribution >= 4 is 34.3 Å². The van der Waals surface area contributed by atoms with E-state index in [1.54, 1.807) is 30.0 Å². The van der Waals surface area contributed by atoms with Gasteiger partial charge in [-0.2, -0.15) is 5.10 Å². The second kappa shape index (κ2) is 8.55. The van der Waals surface area contributed by atoms with Gasteiger partial charge < -0.3 is 5.32 Å². The molecule has 0 aliphatic heterocycles. The van der Waals surface area contributed by atoms with E-state index in [-0.39, 0.29) is 17.9 Å². The maximum atomic E-state index is 12.5. The lowest BCUT2D eigenvalue weighted by molar-refractivity contribution is -0.116. The first-order valence-electron chi connectivity index (χ1n) is 9.59. The molecule has 1 N–H and O–H groups in total. The van der Waals surface area contributed by atoms with E-state index in [4.69, 9.17) is 0 Å². The average Bonchev–Trinajstić information content (AvgIpc) is 2.74. The van der Waals surface area contributed by atoms with Gasteiger partial charge in [-0.15, -0.1) is 0 Å². The van der Waals surface area contributed by atoms with Crippen LogP contribution in [-0.4, -0.2) is 15.7 Å². The molecule has 30 heavy (non-hydrogen) atoms. The van der Waals surface area contributed by atoms with Crippen molar-refractivity contribution in [2.24, 2.45) is 0 Å². The van der Waals surface area contributed by atoms with Gasteiger partial charge in [0.1, 0.15) is 6.54 Å². The van der Waals surface area contributed by atoms with Crippen molar-refractivity contribution in [3.05, 3.63) is 94.3 Å². The maximum Gasteiger partial charge on any atom is 0.246 e. The number of hydrogen-bond donors (Lipinski definition) is 1. The second-order valence-corrected chi connectivity index (χ2v) is 8.25. The van der Waals surface area contributed by atoms with Gasteiger partial charge in [-0.1, -0.05) is 30.0 Å². The maximum absolute atomic E-state index is 12.5. The molecule has 0 saturated heterocycles. The second-order valence-electron chi connectivity index (χ2n) is 7.10. The largest absolute Gasteiger partial charge is 0.324 e. The fraction of sp³-hybridized carbons (Fsp3) is 0.125. The zero-order chi connectivity index (χ0) is 21.1. The number of rotatable bonds is 5. The molecule has 0 bridgehead atoms. The van der Waals surface area contributed by atoms with Crippen LogP contribution in [0.5, 0.6) is 0 Å². The standard InChI is InChI=1S/C24H21N3O2S/c1-16-7-10-20(13-17(16)2)30-19-11-8-18(9-12-19)26-24(29)15-27-22-6-4-3-5-21(22)23(28)14-25-27/h3-14H,15H2,1-2H3,(H,26,29). The van der Waals surface area contributed by atoms with Gasteiger partial charge in [0.25, 0.3) is 0 Å². The normalized spacial score (nSPS) is 10.9. The molecule has 5 nitrogen and oxygen atoms in total. The van der Waals surface area contributed by atoms with E-state index in [0.717, 1.165) is 10.6 Å². The minimum absolute atomic E-state index is 0.0277. The lowest BCUT2D eigenvalue weighted by Crippen LogP contribution is -2.22. The molecular weight excluding hydrogens is 394 g/mol. The number of anilines is 1. The zero-order valence-corrected chi connectivity index (χ0v) is 17.6. The smallest absolute Gasteiger partial charge is 0.246 e.